The van der Waals surface area contributed by atoms with Gasteiger partial charge in [0.25, 0.3) is 0 Å². The Balaban J connectivity index is 1.53. The molecule has 128 valence electrons. The highest BCUT2D eigenvalue weighted by atomic mass is 32.1. The number of benzene rings is 1. The third-order valence-corrected chi connectivity index (χ3v) is 5.94. The first-order chi connectivity index (χ1) is 12.2. The van der Waals surface area contributed by atoms with Crippen molar-refractivity contribution >= 4 is 32.6 Å². The molecule has 0 bridgehead atoms. The number of piperidine rings is 1. The fraction of sp³-hybridized carbons (Fsp3) is 0.389. The third-order valence-electron chi connectivity index (χ3n) is 4.94. The van der Waals surface area contributed by atoms with Gasteiger partial charge < -0.3 is 5.32 Å². The molecule has 0 amide bonds. The number of hydrogen-bond donors (Lipinski definition) is 1. The second-order valence-electron chi connectivity index (χ2n) is 6.83. The summed E-state index contributed by atoms with van der Waals surface area (Å²) in [6.45, 7) is 4.25. The number of fused-ring (bicyclic) bond motifs is 2. The van der Waals surface area contributed by atoms with Crippen molar-refractivity contribution in [2.24, 2.45) is 7.05 Å². The highest BCUT2D eigenvalue weighted by molar-refractivity contribution is 7.21. The van der Waals surface area contributed by atoms with Gasteiger partial charge >= 0.3 is 0 Å². The lowest BCUT2D eigenvalue weighted by Crippen LogP contribution is -2.29. The highest BCUT2D eigenvalue weighted by Crippen LogP contribution is 2.33. The molecule has 1 N–H and O–H groups in total. The van der Waals surface area contributed by atoms with Crippen LogP contribution in [0.15, 0.2) is 24.5 Å². The maximum atomic E-state index is 4.85. The number of aromatic nitrogens is 5. The number of rotatable bonds is 2. The Labute approximate surface area is 149 Å². The zero-order valence-electron chi connectivity index (χ0n) is 14.4. The lowest BCUT2D eigenvalue weighted by atomic mass is 10.1. The molecule has 0 aliphatic carbocycles. The Morgan fingerprint density at radius 1 is 1.16 bits per heavy atom. The average molecular weight is 352 g/mol. The van der Waals surface area contributed by atoms with Gasteiger partial charge in [0.2, 0.25) is 0 Å². The van der Waals surface area contributed by atoms with Crippen LogP contribution < -0.4 is 5.32 Å². The van der Waals surface area contributed by atoms with Gasteiger partial charge in [0.05, 0.1) is 17.8 Å². The molecule has 0 radical (unpaired) electrons. The molecule has 1 fully saturated rings. The molecule has 7 heteroatoms. The number of aryl methyl sites for hydroxylation is 2. The molecule has 0 saturated carbocycles. The van der Waals surface area contributed by atoms with E-state index in [2.05, 4.69) is 46.5 Å². The maximum Gasteiger partial charge on any atom is 0.166 e. The minimum absolute atomic E-state index is 0.500. The van der Waals surface area contributed by atoms with Crippen LogP contribution in [0.25, 0.3) is 31.8 Å². The van der Waals surface area contributed by atoms with Gasteiger partial charge in [-0.3, -0.25) is 9.36 Å². The molecular formula is C18H20N6S. The summed E-state index contributed by atoms with van der Waals surface area (Å²) < 4.78 is 3.98. The lowest BCUT2D eigenvalue weighted by molar-refractivity contribution is 0.345. The van der Waals surface area contributed by atoms with Crippen molar-refractivity contribution in [1.82, 2.24) is 29.9 Å². The SMILES string of the molecule is Cc1cc(-c2nc3cn(C4CCNCC4)nc3s2)cc2cn(C)nc12. The van der Waals surface area contributed by atoms with Crippen molar-refractivity contribution in [3.63, 3.8) is 0 Å². The number of thiazole rings is 1. The third kappa shape index (κ3) is 2.54. The van der Waals surface area contributed by atoms with Crippen molar-refractivity contribution in [3.8, 4) is 10.6 Å². The minimum atomic E-state index is 0.500. The van der Waals surface area contributed by atoms with E-state index in [4.69, 9.17) is 10.1 Å². The molecule has 1 saturated heterocycles. The molecule has 3 aromatic heterocycles. The van der Waals surface area contributed by atoms with Gasteiger partial charge in [-0.1, -0.05) is 11.3 Å². The summed E-state index contributed by atoms with van der Waals surface area (Å²) in [5.41, 5.74) is 4.39. The van der Waals surface area contributed by atoms with E-state index in [1.165, 1.54) is 5.56 Å². The predicted molar refractivity (Wildman–Crippen MR) is 101 cm³/mol. The molecule has 0 spiro atoms. The molecule has 4 heterocycles. The normalized spacial score (nSPS) is 16.2. The van der Waals surface area contributed by atoms with E-state index >= 15 is 0 Å². The molecule has 25 heavy (non-hydrogen) atoms. The molecular weight excluding hydrogens is 332 g/mol. The summed E-state index contributed by atoms with van der Waals surface area (Å²) in [5.74, 6) is 0. The topological polar surface area (TPSA) is 60.6 Å². The van der Waals surface area contributed by atoms with Crippen molar-refractivity contribution in [2.45, 2.75) is 25.8 Å². The average Bonchev–Trinajstić information content (AvgIpc) is 3.27. The Morgan fingerprint density at radius 3 is 2.80 bits per heavy atom. The molecule has 5 rings (SSSR count). The van der Waals surface area contributed by atoms with E-state index in [-0.39, 0.29) is 0 Å². The van der Waals surface area contributed by atoms with E-state index < -0.39 is 0 Å². The zero-order valence-corrected chi connectivity index (χ0v) is 15.2. The Hall–Kier alpha value is -2.25. The van der Waals surface area contributed by atoms with E-state index in [1.54, 1.807) is 11.3 Å². The lowest BCUT2D eigenvalue weighted by Gasteiger charge is -2.22. The molecule has 0 atom stereocenters. The summed E-state index contributed by atoms with van der Waals surface area (Å²) >= 11 is 1.67. The van der Waals surface area contributed by atoms with Crippen molar-refractivity contribution < 1.29 is 0 Å². The fourth-order valence-electron chi connectivity index (χ4n) is 3.67. The molecule has 0 unspecified atom stereocenters. The second-order valence-corrected chi connectivity index (χ2v) is 7.81. The largest absolute Gasteiger partial charge is 0.317 e. The Bertz CT molecular complexity index is 1030. The van der Waals surface area contributed by atoms with Gasteiger partial charge in [0, 0.05) is 24.2 Å². The molecule has 1 aliphatic heterocycles. The van der Waals surface area contributed by atoms with Crippen LogP contribution in [0.5, 0.6) is 0 Å². The van der Waals surface area contributed by atoms with Crippen LogP contribution in [0.3, 0.4) is 0 Å². The van der Waals surface area contributed by atoms with Crippen LogP contribution in [0.4, 0.5) is 0 Å². The van der Waals surface area contributed by atoms with Gasteiger partial charge in [-0.25, -0.2) is 4.98 Å². The minimum Gasteiger partial charge on any atom is -0.317 e. The van der Waals surface area contributed by atoms with Crippen molar-refractivity contribution in [3.05, 3.63) is 30.1 Å². The van der Waals surface area contributed by atoms with Gasteiger partial charge in [0.15, 0.2) is 4.83 Å². The highest BCUT2D eigenvalue weighted by Gasteiger charge is 2.18. The maximum absolute atomic E-state index is 4.85. The molecule has 1 aromatic carbocycles. The standard InChI is InChI=1S/C18H20N6S/c1-11-7-12(8-13-9-23(2)21-16(11)13)17-20-15-10-24(22-18(15)25-17)14-3-5-19-6-4-14/h7-10,14,19H,3-6H2,1-2H3. The van der Waals surface area contributed by atoms with Crippen LogP contribution >= 0.6 is 11.3 Å². The van der Waals surface area contributed by atoms with Crippen LogP contribution in [-0.4, -0.2) is 37.6 Å². The Morgan fingerprint density at radius 2 is 2.00 bits per heavy atom. The summed E-state index contributed by atoms with van der Waals surface area (Å²) in [6, 6.07) is 4.85. The van der Waals surface area contributed by atoms with Gasteiger partial charge in [-0.15, -0.1) is 0 Å². The monoisotopic (exact) mass is 352 g/mol. The van der Waals surface area contributed by atoms with Gasteiger partial charge in [-0.2, -0.15) is 10.2 Å². The molecule has 6 nitrogen and oxygen atoms in total. The van der Waals surface area contributed by atoms with Crippen LogP contribution in [0, 0.1) is 6.92 Å². The number of hydrogen-bond acceptors (Lipinski definition) is 5. The van der Waals surface area contributed by atoms with Crippen molar-refractivity contribution in [1.29, 1.82) is 0 Å². The zero-order chi connectivity index (χ0) is 17.0. The summed E-state index contributed by atoms with van der Waals surface area (Å²) in [6.07, 6.45) is 6.45. The van der Waals surface area contributed by atoms with E-state index in [0.29, 0.717) is 6.04 Å². The first-order valence-electron chi connectivity index (χ1n) is 8.68. The van der Waals surface area contributed by atoms with Crippen LogP contribution in [-0.2, 0) is 7.05 Å². The second kappa shape index (κ2) is 5.64. The summed E-state index contributed by atoms with van der Waals surface area (Å²) in [4.78, 5) is 5.87. The fourth-order valence-corrected chi connectivity index (χ4v) is 4.57. The first-order valence-corrected chi connectivity index (χ1v) is 9.50. The van der Waals surface area contributed by atoms with E-state index in [0.717, 1.165) is 57.8 Å². The van der Waals surface area contributed by atoms with Crippen molar-refractivity contribution in [2.75, 3.05) is 13.1 Å². The van der Waals surface area contributed by atoms with Crippen LogP contribution in [0.2, 0.25) is 0 Å². The van der Waals surface area contributed by atoms with Gasteiger partial charge in [0.1, 0.15) is 10.5 Å². The smallest absolute Gasteiger partial charge is 0.166 e. The van der Waals surface area contributed by atoms with E-state index in [1.807, 2.05) is 11.7 Å². The number of nitrogens with zero attached hydrogens (tertiary/aromatic N) is 5. The Kier molecular flexibility index (Phi) is 3.39. The van der Waals surface area contributed by atoms with E-state index in [9.17, 15) is 0 Å². The first kappa shape index (κ1) is 15.0. The van der Waals surface area contributed by atoms with Gasteiger partial charge in [-0.05, 0) is 50.6 Å². The molecule has 1 aliphatic rings. The summed E-state index contributed by atoms with van der Waals surface area (Å²) in [5, 5.41) is 14.9. The summed E-state index contributed by atoms with van der Waals surface area (Å²) in [7, 11) is 1.96. The van der Waals surface area contributed by atoms with Crippen LogP contribution in [0.1, 0.15) is 24.4 Å². The molecule has 4 aromatic rings. The predicted octanol–water partition coefficient (Wildman–Crippen LogP) is 3.28. The number of nitrogens with one attached hydrogen (secondary N) is 1. The quantitative estimate of drug-likeness (QED) is 0.601.